The van der Waals surface area contributed by atoms with Crippen LogP contribution < -0.4 is 5.32 Å². The fourth-order valence-corrected chi connectivity index (χ4v) is 4.08. The standard InChI is InChI=1S/C16H21BrFNO/c1-2-19-15(13-9-12-4-6-16(13)20-12)8-10-7-11(18)3-5-14(10)17/h3,5,7,12-13,15-16,19H,2,4,6,8-9H2,1H3. The Labute approximate surface area is 128 Å². The van der Waals surface area contributed by atoms with Crippen molar-refractivity contribution < 1.29 is 9.13 Å². The number of ether oxygens (including phenoxy) is 1. The molecular weight excluding hydrogens is 321 g/mol. The maximum atomic E-state index is 13.4. The molecule has 0 aromatic heterocycles. The summed E-state index contributed by atoms with van der Waals surface area (Å²) in [6.07, 6.45) is 5.25. The predicted octanol–water partition coefficient (Wildman–Crippen LogP) is 3.68. The molecule has 1 N–H and O–H groups in total. The summed E-state index contributed by atoms with van der Waals surface area (Å²) >= 11 is 3.53. The number of halogens is 2. The van der Waals surface area contributed by atoms with Gasteiger partial charge in [-0.1, -0.05) is 22.9 Å². The van der Waals surface area contributed by atoms with Gasteiger partial charge in [0.15, 0.2) is 0 Å². The summed E-state index contributed by atoms with van der Waals surface area (Å²) in [6.45, 7) is 3.06. The molecule has 110 valence electrons. The number of fused-ring (bicyclic) bond motifs is 2. The third kappa shape index (κ3) is 2.92. The molecule has 2 bridgehead atoms. The van der Waals surface area contributed by atoms with E-state index in [0.29, 0.717) is 24.2 Å². The van der Waals surface area contributed by atoms with Gasteiger partial charge < -0.3 is 10.1 Å². The molecule has 20 heavy (non-hydrogen) atoms. The Morgan fingerprint density at radius 3 is 2.95 bits per heavy atom. The Balaban J connectivity index is 1.75. The van der Waals surface area contributed by atoms with Crippen LogP contribution in [0, 0.1) is 11.7 Å². The molecule has 3 rings (SSSR count). The summed E-state index contributed by atoms with van der Waals surface area (Å²) in [5.41, 5.74) is 1.04. The van der Waals surface area contributed by atoms with E-state index in [2.05, 4.69) is 28.2 Å². The molecular formula is C16H21BrFNO. The highest BCUT2D eigenvalue weighted by molar-refractivity contribution is 9.10. The average Bonchev–Trinajstić information content (AvgIpc) is 3.05. The highest BCUT2D eigenvalue weighted by Gasteiger charge is 2.44. The highest BCUT2D eigenvalue weighted by atomic mass is 79.9. The molecule has 1 aromatic rings. The molecule has 0 aliphatic carbocycles. The van der Waals surface area contributed by atoms with Crippen LogP contribution in [0.5, 0.6) is 0 Å². The zero-order valence-electron chi connectivity index (χ0n) is 11.7. The Bertz CT molecular complexity index is 482. The lowest BCUT2D eigenvalue weighted by Gasteiger charge is -2.29. The molecule has 2 aliphatic heterocycles. The van der Waals surface area contributed by atoms with E-state index in [4.69, 9.17) is 4.74 Å². The fourth-order valence-electron chi connectivity index (χ4n) is 3.67. The van der Waals surface area contributed by atoms with Crippen molar-refractivity contribution in [1.82, 2.24) is 5.32 Å². The van der Waals surface area contributed by atoms with E-state index in [9.17, 15) is 4.39 Å². The van der Waals surface area contributed by atoms with E-state index in [1.54, 1.807) is 12.1 Å². The molecule has 0 spiro atoms. The van der Waals surface area contributed by atoms with Gasteiger partial charge in [-0.25, -0.2) is 4.39 Å². The summed E-state index contributed by atoms with van der Waals surface area (Å²) in [6, 6.07) is 5.30. The molecule has 4 unspecified atom stereocenters. The van der Waals surface area contributed by atoms with Crippen molar-refractivity contribution >= 4 is 15.9 Å². The second kappa shape index (κ2) is 6.12. The molecule has 4 heteroatoms. The van der Waals surface area contributed by atoms with E-state index < -0.39 is 0 Å². The zero-order chi connectivity index (χ0) is 14.1. The zero-order valence-corrected chi connectivity index (χ0v) is 13.3. The van der Waals surface area contributed by atoms with E-state index in [1.807, 2.05) is 0 Å². The molecule has 0 amide bonds. The molecule has 2 saturated heterocycles. The molecule has 2 heterocycles. The number of hydrogen-bond donors (Lipinski definition) is 1. The van der Waals surface area contributed by atoms with Crippen LogP contribution in [0.2, 0.25) is 0 Å². The van der Waals surface area contributed by atoms with Crippen molar-refractivity contribution in [3.05, 3.63) is 34.1 Å². The van der Waals surface area contributed by atoms with Crippen molar-refractivity contribution in [3.8, 4) is 0 Å². The minimum atomic E-state index is -0.164. The molecule has 0 saturated carbocycles. The Morgan fingerprint density at radius 2 is 2.30 bits per heavy atom. The quantitative estimate of drug-likeness (QED) is 0.882. The lowest BCUT2D eigenvalue weighted by atomic mass is 9.81. The highest BCUT2D eigenvalue weighted by Crippen LogP contribution is 2.41. The molecule has 2 aliphatic rings. The van der Waals surface area contributed by atoms with Gasteiger partial charge in [-0.05, 0) is 56.0 Å². The summed E-state index contributed by atoms with van der Waals surface area (Å²) in [5, 5.41) is 3.58. The number of hydrogen-bond acceptors (Lipinski definition) is 2. The van der Waals surface area contributed by atoms with Crippen LogP contribution in [0.15, 0.2) is 22.7 Å². The van der Waals surface area contributed by atoms with Crippen LogP contribution in [0.25, 0.3) is 0 Å². The lowest BCUT2D eigenvalue weighted by molar-refractivity contribution is 0.0858. The molecule has 0 radical (unpaired) electrons. The first-order chi connectivity index (χ1) is 9.67. The second-order valence-electron chi connectivity index (χ2n) is 5.88. The van der Waals surface area contributed by atoms with Crippen LogP contribution in [-0.2, 0) is 11.2 Å². The Hall–Kier alpha value is -0.450. The summed E-state index contributed by atoms with van der Waals surface area (Å²) in [5.74, 6) is 0.395. The first kappa shape index (κ1) is 14.5. The van der Waals surface area contributed by atoms with Crippen LogP contribution >= 0.6 is 15.9 Å². The monoisotopic (exact) mass is 341 g/mol. The van der Waals surface area contributed by atoms with E-state index in [0.717, 1.165) is 29.4 Å². The Kier molecular flexibility index (Phi) is 4.43. The molecule has 4 atom stereocenters. The van der Waals surface area contributed by atoms with Crippen molar-refractivity contribution in [2.75, 3.05) is 6.54 Å². The normalized spacial score (nSPS) is 29.9. The summed E-state index contributed by atoms with van der Waals surface area (Å²) in [4.78, 5) is 0. The van der Waals surface area contributed by atoms with Crippen molar-refractivity contribution in [2.45, 2.75) is 50.9 Å². The first-order valence-corrected chi connectivity index (χ1v) is 8.29. The summed E-state index contributed by atoms with van der Waals surface area (Å²) < 4.78 is 20.4. The van der Waals surface area contributed by atoms with Crippen LogP contribution in [0.4, 0.5) is 4.39 Å². The maximum Gasteiger partial charge on any atom is 0.123 e. The largest absolute Gasteiger partial charge is 0.375 e. The smallest absolute Gasteiger partial charge is 0.123 e. The molecule has 2 fully saturated rings. The van der Waals surface area contributed by atoms with Gasteiger partial charge in [0.2, 0.25) is 0 Å². The minimum absolute atomic E-state index is 0.164. The van der Waals surface area contributed by atoms with Crippen LogP contribution in [0.3, 0.4) is 0 Å². The number of likely N-dealkylation sites (N-methyl/N-ethyl adjacent to an activating group) is 1. The van der Waals surface area contributed by atoms with Gasteiger partial charge in [0.1, 0.15) is 5.82 Å². The first-order valence-electron chi connectivity index (χ1n) is 7.50. The Morgan fingerprint density at radius 1 is 1.45 bits per heavy atom. The van der Waals surface area contributed by atoms with Crippen molar-refractivity contribution in [1.29, 1.82) is 0 Å². The molecule has 2 nitrogen and oxygen atoms in total. The second-order valence-corrected chi connectivity index (χ2v) is 6.73. The summed E-state index contributed by atoms with van der Waals surface area (Å²) in [7, 11) is 0. The van der Waals surface area contributed by atoms with Gasteiger partial charge in [0, 0.05) is 16.4 Å². The third-order valence-electron chi connectivity index (χ3n) is 4.58. The van der Waals surface area contributed by atoms with Crippen LogP contribution in [-0.4, -0.2) is 24.8 Å². The van der Waals surface area contributed by atoms with E-state index in [1.165, 1.54) is 18.9 Å². The topological polar surface area (TPSA) is 21.3 Å². The number of nitrogens with one attached hydrogen (secondary N) is 1. The average molecular weight is 342 g/mol. The van der Waals surface area contributed by atoms with Gasteiger partial charge in [-0.15, -0.1) is 0 Å². The SMILES string of the molecule is CCNC(Cc1cc(F)ccc1Br)C1CC2CCC1O2. The van der Waals surface area contributed by atoms with Gasteiger partial charge in [-0.3, -0.25) is 0 Å². The van der Waals surface area contributed by atoms with E-state index in [-0.39, 0.29) is 5.82 Å². The minimum Gasteiger partial charge on any atom is -0.375 e. The number of benzene rings is 1. The fraction of sp³-hybridized carbons (Fsp3) is 0.625. The van der Waals surface area contributed by atoms with Gasteiger partial charge >= 0.3 is 0 Å². The predicted molar refractivity (Wildman–Crippen MR) is 81.3 cm³/mol. The van der Waals surface area contributed by atoms with Gasteiger partial charge in [0.05, 0.1) is 12.2 Å². The third-order valence-corrected chi connectivity index (χ3v) is 5.36. The van der Waals surface area contributed by atoms with Gasteiger partial charge in [-0.2, -0.15) is 0 Å². The number of rotatable bonds is 5. The van der Waals surface area contributed by atoms with Crippen molar-refractivity contribution in [3.63, 3.8) is 0 Å². The lowest BCUT2D eigenvalue weighted by Crippen LogP contribution is -2.42. The van der Waals surface area contributed by atoms with Crippen LogP contribution in [0.1, 0.15) is 31.7 Å². The van der Waals surface area contributed by atoms with E-state index >= 15 is 0 Å². The van der Waals surface area contributed by atoms with Gasteiger partial charge in [0.25, 0.3) is 0 Å². The maximum absolute atomic E-state index is 13.4. The van der Waals surface area contributed by atoms with Crippen molar-refractivity contribution in [2.24, 2.45) is 5.92 Å². The molecule has 1 aromatic carbocycles.